The Morgan fingerprint density at radius 1 is 1.39 bits per heavy atom. The van der Waals surface area contributed by atoms with E-state index in [1.807, 2.05) is 6.92 Å². The second-order valence-electron chi connectivity index (χ2n) is 4.81. The Morgan fingerprint density at radius 2 is 2.13 bits per heavy atom. The summed E-state index contributed by atoms with van der Waals surface area (Å²) in [6, 6.07) is 3.86. The highest BCUT2D eigenvalue weighted by atomic mass is 35.5. The van der Waals surface area contributed by atoms with Crippen LogP contribution in [0.5, 0.6) is 0 Å². The number of ether oxygens (including phenoxy) is 1. The van der Waals surface area contributed by atoms with Crippen molar-refractivity contribution in [3.8, 4) is 0 Å². The molecule has 0 saturated heterocycles. The molecule has 0 amide bonds. The zero-order valence-electron chi connectivity index (χ0n) is 12.6. The van der Waals surface area contributed by atoms with Crippen LogP contribution in [0, 0.1) is 0 Å². The minimum Gasteiger partial charge on any atom is -0.454 e. The molecule has 1 aromatic carbocycles. The number of esters is 1. The van der Waals surface area contributed by atoms with E-state index in [9.17, 15) is 13.2 Å². The highest BCUT2D eigenvalue weighted by molar-refractivity contribution is 7.90. The number of aromatic nitrogens is 4. The van der Waals surface area contributed by atoms with Crippen LogP contribution < -0.4 is 0 Å². The van der Waals surface area contributed by atoms with Gasteiger partial charge in [-0.05, 0) is 35.0 Å². The van der Waals surface area contributed by atoms with Crippen molar-refractivity contribution in [3.63, 3.8) is 0 Å². The summed E-state index contributed by atoms with van der Waals surface area (Å²) < 4.78 is 29.8. The van der Waals surface area contributed by atoms with Crippen LogP contribution in [0.1, 0.15) is 29.5 Å². The number of benzene rings is 1. The fourth-order valence-electron chi connectivity index (χ4n) is 1.81. The maximum atomic E-state index is 12.1. The minimum atomic E-state index is -3.45. The fourth-order valence-corrected chi connectivity index (χ4v) is 2.65. The topological polar surface area (TPSA) is 104 Å². The monoisotopic (exact) mass is 358 g/mol. The Hall–Kier alpha value is -2.00. The molecule has 1 heterocycles. The SMILES string of the molecule is CCCn1nnnc1COC(=O)c1cc(S(C)(=O)=O)ccc1Cl. The third-order valence-corrected chi connectivity index (χ3v) is 4.40. The lowest BCUT2D eigenvalue weighted by Gasteiger charge is -2.08. The van der Waals surface area contributed by atoms with E-state index in [-0.39, 0.29) is 22.1 Å². The molecule has 1 aromatic heterocycles. The lowest BCUT2D eigenvalue weighted by atomic mass is 10.2. The van der Waals surface area contributed by atoms with E-state index < -0.39 is 15.8 Å². The van der Waals surface area contributed by atoms with E-state index in [0.717, 1.165) is 12.7 Å². The molecule has 0 aliphatic heterocycles. The standard InChI is InChI=1S/C13H15ClN4O4S/c1-3-6-18-12(15-16-17-18)8-22-13(19)10-7-9(23(2,20)21)4-5-11(10)14/h4-5,7H,3,6,8H2,1-2H3. The van der Waals surface area contributed by atoms with E-state index in [4.69, 9.17) is 16.3 Å². The molecule has 0 atom stereocenters. The quantitative estimate of drug-likeness (QED) is 0.720. The predicted molar refractivity (Wildman–Crippen MR) is 81.8 cm³/mol. The Labute approximate surface area is 138 Å². The highest BCUT2D eigenvalue weighted by Crippen LogP contribution is 2.21. The van der Waals surface area contributed by atoms with E-state index in [0.29, 0.717) is 12.4 Å². The molecule has 0 spiro atoms. The molecule has 23 heavy (non-hydrogen) atoms. The van der Waals surface area contributed by atoms with Crippen molar-refractivity contribution in [1.82, 2.24) is 20.2 Å². The average Bonchev–Trinajstić information content (AvgIpc) is 2.92. The van der Waals surface area contributed by atoms with E-state index in [1.54, 1.807) is 0 Å². The van der Waals surface area contributed by atoms with Crippen molar-refractivity contribution in [2.45, 2.75) is 31.4 Å². The number of carbonyl (C=O) groups excluding carboxylic acids is 1. The number of sulfone groups is 1. The van der Waals surface area contributed by atoms with Gasteiger partial charge in [-0.25, -0.2) is 17.9 Å². The van der Waals surface area contributed by atoms with Crippen LogP contribution in [-0.4, -0.2) is 40.9 Å². The molecule has 2 rings (SSSR count). The van der Waals surface area contributed by atoms with Crippen LogP contribution in [0.2, 0.25) is 5.02 Å². The van der Waals surface area contributed by atoms with Gasteiger partial charge in [0.15, 0.2) is 22.3 Å². The van der Waals surface area contributed by atoms with Gasteiger partial charge in [0.1, 0.15) is 0 Å². The summed E-state index contributed by atoms with van der Waals surface area (Å²) in [5, 5.41) is 11.2. The molecule has 0 N–H and O–H groups in total. The third kappa shape index (κ3) is 4.26. The summed E-state index contributed by atoms with van der Waals surface area (Å²) >= 11 is 5.94. The van der Waals surface area contributed by atoms with Gasteiger partial charge in [-0.3, -0.25) is 0 Å². The Kier molecular flexibility index (Phi) is 5.32. The van der Waals surface area contributed by atoms with Crippen LogP contribution in [0.4, 0.5) is 0 Å². The normalized spacial score (nSPS) is 11.4. The number of nitrogens with zero attached hydrogens (tertiary/aromatic N) is 4. The lowest BCUT2D eigenvalue weighted by molar-refractivity contribution is 0.0456. The van der Waals surface area contributed by atoms with Crippen LogP contribution in [0.15, 0.2) is 23.1 Å². The molecule has 2 aromatic rings. The first-order chi connectivity index (χ1) is 10.8. The van der Waals surface area contributed by atoms with Gasteiger partial charge >= 0.3 is 5.97 Å². The molecule has 8 nitrogen and oxygen atoms in total. The van der Waals surface area contributed by atoms with Crippen LogP contribution in [0.25, 0.3) is 0 Å². The first-order valence-corrected chi connectivity index (χ1v) is 9.01. The van der Waals surface area contributed by atoms with Crippen molar-refractivity contribution in [2.75, 3.05) is 6.26 Å². The number of tetrazole rings is 1. The second kappa shape index (κ2) is 7.05. The van der Waals surface area contributed by atoms with E-state index in [1.165, 1.54) is 22.9 Å². The molecule has 0 bridgehead atoms. The van der Waals surface area contributed by atoms with Crippen molar-refractivity contribution in [2.24, 2.45) is 0 Å². The summed E-state index contributed by atoms with van der Waals surface area (Å²) in [6.07, 6.45) is 1.87. The number of hydrogen-bond donors (Lipinski definition) is 0. The fraction of sp³-hybridized carbons (Fsp3) is 0.385. The molecule has 0 aliphatic carbocycles. The Balaban J connectivity index is 2.16. The maximum absolute atomic E-state index is 12.1. The molecule has 0 aliphatic rings. The number of carbonyl (C=O) groups is 1. The Bertz CT molecular complexity index is 819. The van der Waals surface area contributed by atoms with Gasteiger partial charge < -0.3 is 4.74 Å². The van der Waals surface area contributed by atoms with Crippen LogP contribution >= 0.6 is 11.6 Å². The molecule has 10 heteroatoms. The number of halogens is 1. The smallest absolute Gasteiger partial charge is 0.340 e. The van der Waals surface area contributed by atoms with Crippen LogP contribution in [-0.2, 0) is 27.7 Å². The summed E-state index contributed by atoms with van der Waals surface area (Å²) in [6.45, 7) is 2.43. The summed E-state index contributed by atoms with van der Waals surface area (Å²) in [7, 11) is -3.45. The van der Waals surface area contributed by atoms with Crippen LogP contribution in [0.3, 0.4) is 0 Å². The molecule has 0 saturated carbocycles. The van der Waals surface area contributed by atoms with Gasteiger partial charge in [0, 0.05) is 12.8 Å². The van der Waals surface area contributed by atoms with Gasteiger partial charge in [0.05, 0.1) is 15.5 Å². The van der Waals surface area contributed by atoms with Crippen molar-refractivity contribution in [3.05, 3.63) is 34.6 Å². The van der Waals surface area contributed by atoms with Gasteiger partial charge in [-0.2, -0.15) is 0 Å². The van der Waals surface area contributed by atoms with E-state index in [2.05, 4.69) is 15.5 Å². The van der Waals surface area contributed by atoms with Gasteiger partial charge in [0.25, 0.3) is 0 Å². The summed E-state index contributed by atoms with van der Waals surface area (Å²) in [5.74, 6) is -0.345. The molecular weight excluding hydrogens is 344 g/mol. The minimum absolute atomic E-state index is 0.00957. The zero-order chi connectivity index (χ0) is 17.0. The van der Waals surface area contributed by atoms with E-state index >= 15 is 0 Å². The average molecular weight is 359 g/mol. The van der Waals surface area contributed by atoms with Crippen molar-refractivity contribution in [1.29, 1.82) is 0 Å². The maximum Gasteiger partial charge on any atom is 0.340 e. The van der Waals surface area contributed by atoms with Crippen molar-refractivity contribution >= 4 is 27.4 Å². The first kappa shape index (κ1) is 17.4. The van der Waals surface area contributed by atoms with Crippen molar-refractivity contribution < 1.29 is 17.9 Å². The summed E-state index contributed by atoms with van der Waals surface area (Å²) in [4.78, 5) is 12.1. The molecule has 124 valence electrons. The molecule has 0 fully saturated rings. The highest BCUT2D eigenvalue weighted by Gasteiger charge is 2.18. The number of hydrogen-bond acceptors (Lipinski definition) is 7. The van der Waals surface area contributed by atoms with Gasteiger partial charge in [-0.1, -0.05) is 18.5 Å². The van der Waals surface area contributed by atoms with Gasteiger partial charge in [-0.15, -0.1) is 5.10 Å². The molecule has 0 unspecified atom stereocenters. The molecule has 0 radical (unpaired) electrons. The number of rotatable bonds is 6. The van der Waals surface area contributed by atoms with Gasteiger partial charge in [0.2, 0.25) is 0 Å². The first-order valence-electron chi connectivity index (χ1n) is 6.74. The predicted octanol–water partition coefficient (Wildman–Crippen LogP) is 1.50. The largest absolute Gasteiger partial charge is 0.454 e. The summed E-state index contributed by atoms with van der Waals surface area (Å²) in [5.41, 5.74) is -0.0240. The second-order valence-corrected chi connectivity index (χ2v) is 7.23. The Morgan fingerprint density at radius 3 is 2.78 bits per heavy atom. The lowest BCUT2D eigenvalue weighted by Crippen LogP contribution is -2.12. The number of aryl methyl sites for hydroxylation is 1. The molecular formula is C13H15ClN4O4S. The zero-order valence-corrected chi connectivity index (χ0v) is 14.1. The third-order valence-electron chi connectivity index (χ3n) is 2.96.